The van der Waals surface area contributed by atoms with Crippen molar-refractivity contribution in [1.82, 2.24) is 10.2 Å². The van der Waals surface area contributed by atoms with Crippen LogP contribution in [-0.4, -0.2) is 62.8 Å². The Labute approximate surface area is 186 Å². The van der Waals surface area contributed by atoms with Gasteiger partial charge in [-0.05, 0) is 42.8 Å². The number of urea groups is 1. The second-order valence-corrected chi connectivity index (χ2v) is 7.64. The summed E-state index contributed by atoms with van der Waals surface area (Å²) in [5, 5.41) is 14.0. The Bertz CT molecular complexity index is 1020. The second-order valence-electron chi connectivity index (χ2n) is 7.64. The summed E-state index contributed by atoms with van der Waals surface area (Å²) in [6.07, 6.45) is 0.899. The molecule has 2 aliphatic rings. The molecule has 2 aromatic carbocycles. The third-order valence-corrected chi connectivity index (χ3v) is 5.37. The topological polar surface area (TPSA) is 107 Å². The minimum absolute atomic E-state index is 0.149. The third kappa shape index (κ3) is 5.47. The van der Waals surface area contributed by atoms with Crippen LogP contribution in [0, 0.1) is 11.3 Å². The van der Waals surface area contributed by atoms with Crippen LogP contribution >= 0.6 is 0 Å². The molecule has 0 atom stereocenters. The summed E-state index contributed by atoms with van der Waals surface area (Å²) in [4.78, 5) is 28.9. The number of carbonyl (C=O) groups excluding carboxylic acids is 2. The van der Waals surface area contributed by atoms with Crippen LogP contribution in [0.4, 0.5) is 16.2 Å². The minimum atomic E-state index is -0.583. The standard InChI is InChI=1S/C23H25N5O4/c24-15-17-2-5-19(6-3-17)28-9-1-8-27(10-11-28)16-22(29)26-23(30)25-18-4-7-20-21(14-18)32-13-12-31-20/h2-7,14H,1,8-13,16H2,(H2,25,26,29,30). The van der Waals surface area contributed by atoms with Gasteiger partial charge in [0.2, 0.25) is 5.91 Å². The maximum Gasteiger partial charge on any atom is 0.325 e. The summed E-state index contributed by atoms with van der Waals surface area (Å²) in [5.74, 6) is 0.845. The normalized spacial score (nSPS) is 15.9. The first kappa shape index (κ1) is 21.5. The Morgan fingerprint density at radius 3 is 2.53 bits per heavy atom. The lowest BCUT2D eigenvalue weighted by molar-refractivity contribution is -0.121. The van der Waals surface area contributed by atoms with Crippen molar-refractivity contribution in [3.8, 4) is 17.6 Å². The van der Waals surface area contributed by atoms with Crippen molar-refractivity contribution in [2.45, 2.75) is 6.42 Å². The fourth-order valence-corrected chi connectivity index (χ4v) is 3.79. The summed E-state index contributed by atoms with van der Waals surface area (Å²) in [7, 11) is 0. The van der Waals surface area contributed by atoms with Gasteiger partial charge >= 0.3 is 6.03 Å². The van der Waals surface area contributed by atoms with E-state index in [1.807, 2.05) is 29.2 Å². The first-order valence-corrected chi connectivity index (χ1v) is 10.6. The number of hydrogen-bond acceptors (Lipinski definition) is 7. The molecule has 0 aliphatic carbocycles. The molecule has 32 heavy (non-hydrogen) atoms. The molecule has 1 fully saturated rings. The van der Waals surface area contributed by atoms with Crippen LogP contribution in [-0.2, 0) is 4.79 Å². The Morgan fingerprint density at radius 2 is 1.75 bits per heavy atom. The molecular weight excluding hydrogens is 410 g/mol. The lowest BCUT2D eigenvalue weighted by Gasteiger charge is -2.23. The molecular formula is C23H25N5O4. The molecule has 1 saturated heterocycles. The smallest absolute Gasteiger partial charge is 0.325 e. The van der Waals surface area contributed by atoms with E-state index in [4.69, 9.17) is 14.7 Å². The van der Waals surface area contributed by atoms with Crippen LogP contribution < -0.4 is 25.0 Å². The van der Waals surface area contributed by atoms with Gasteiger partial charge in [0.05, 0.1) is 18.2 Å². The number of imide groups is 1. The van der Waals surface area contributed by atoms with Crippen LogP contribution in [0.25, 0.3) is 0 Å². The molecule has 0 spiro atoms. The zero-order valence-electron chi connectivity index (χ0n) is 17.7. The van der Waals surface area contributed by atoms with Crippen molar-refractivity contribution in [2.75, 3.05) is 56.2 Å². The zero-order chi connectivity index (χ0) is 22.3. The van der Waals surface area contributed by atoms with Gasteiger partial charge in [-0.25, -0.2) is 4.79 Å². The van der Waals surface area contributed by atoms with E-state index < -0.39 is 6.03 Å². The Hall–Kier alpha value is -3.77. The molecule has 4 rings (SSSR count). The predicted octanol–water partition coefficient (Wildman–Crippen LogP) is 2.19. The van der Waals surface area contributed by atoms with Gasteiger partial charge in [0.1, 0.15) is 13.2 Å². The maximum atomic E-state index is 12.4. The molecule has 0 radical (unpaired) electrons. The third-order valence-electron chi connectivity index (χ3n) is 5.37. The molecule has 2 N–H and O–H groups in total. The van der Waals surface area contributed by atoms with Gasteiger partial charge in [-0.2, -0.15) is 5.26 Å². The van der Waals surface area contributed by atoms with Gasteiger partial charge in [0.15, 0.2) is 11.5 Å². The summed E-state index contributed by atoms with van der Waals surface area (Å²) in [5.41, 5.74) is 2.22. The highest BCUT2D eigenvalue weighted by atomic mass is 16.6. The van der Waals surface area contributed by atoms with Crippen LogP contribution in [0.15, 0.2) is 42.5 Å². The number of benzene rings is 2. The number of amides is 3. The number of ether oxygens (including phenoxy) is 2. The predicted molar refractivity (Wildman–Crippen MR) is 119 cm³/mol. The molecule has 0 unspecified atom stereocenters. The minimum Gasteiger partial charge on any atom is -0.486 e. The zero-order valence-corrected chi connectivity index (χ0v) is 17.7. The van der Waals surface area contributed by atoms with E-state index in [-0.39, 0.29) is 12.5 Å². The fraction of sp³-hybridized carbons (Fsp3) is 0.348. The number of anilines is 2. The molecule has 9 heteroatoms. The summed E-state index contributed by atoms with van der Waals surface area (Å²) in [6, 6.07) is 14.2. The van der Waals surface area contributed by atoms with Crippen molar-refractivity contribution < 1.29 is 19.1 Å². The van der Waals surface area contributed by atoms with Gasteiger partial charge in [-0.15, -0.1) is 0 Å². The van der Waals surface area contributed by atoms with Crippen molar-refractivity contribution in [3.05, 3.63) is 48.0 Å². The average Bonchev–Trinajstić information content (AvgIpc) is 3.04. The van der Waals surface area contributed by atoms with E-state index in [1.165, 1.54) is 0 Å². The molecule has 2 aromatic rings. The fourth-order valence-electron chi connectivity index (χ4n) is 3.79. The number of rotatable bonds is 4. The van der Waals surface area contributed by atoms with Gasteiger partial charge in [0, 0.05) is 43.6 Å². The lowest BCUT2D eigenvalue weighted by Crippen LogP contribution is -2.43. The Kier molecular flexibility index (Phi) is 6.72. The van der Waals surface area contributed by atoms with E-state index >= 15 is 0 Å². The highest BCUT2D eigenvalue weighted by Gasteiger charge is 2.19. The number of nitrogens with zero attached hydrogens (tertiary/aromatic N) is 3. The quantitative estimate of drug-likeness (QED) is 0.758. The molecule has 3 amide bonds. The number of carbonyl (C=O) groups is 2. The highest BCUT2D eigenvalue weighted by Crippen LogP contribution is 2.32. The molecule has 2 aliphatic heterocycles. The lowest BCUT2D eigenvalue weighted by atomic mass is 10.2. The number of nitriles is 1. The molecule has 0 saturated carbocycles. The van der Waals surface area contributed by atoms with E-state index in [1.54, 1.807) is 18.2 Å². The summed E-state index contributed by atoms with van der Waals surface area (Å²) < 4.78 is 11.0. The van der Waals surface area contributed by atoms with Crippen molar-refractivity contribution >= 4 is 23.3 Å². The van der Waals surface area contributed by atoms with E-state index in [0.717, 1.165) is 31.7 Å². The SMILES string of the molecule is N#Cc1ccc(N2CCCN(CC(=O)NC(=O)Nc3ccc4c(c3)OCCO4)CC2)cc1. The van der Waals surface area contributed by atoms with Crippen LogP contribution in [0.2, 0.25) is 0 Å². The van der Waals surface area contributed by atoms with Crippen LogP contribution in [0.5, 0.6) is 11.5 Å². The van der Waals surface area contributed by atoms with Crippen molar-refractivity contribution in [1.29, 1.82) is 5.26 Å². The monoisotopic (exact) mass is 435 g/mol. The van der Waals surface area contributed by atoms with Crippen molar-refractivity contribution in [3.63, 3.8) is 0 Å². The molecule has 9 nitrogen and oxygen atoms in total. The number of hydrogen-bond donors (Lipinski definition) is 2. The van der Waals surface area contributed by atoms with Crippen molar-refractivity contribution in [2.24, 2.45) is 0 Å². The Balaban J connectivity index is 1.24. The molecule has 0 bridgehead atoms. The van der Waals surface area contributed by atoms with Gasteiger partial charge in [0.25, 0.3) is 0 Å². The van der Waals surface area contributed by atoms with E-state index in [9.17, 15) is 9.59 Å². The Morgan fingerprint density at radius 1 is 0.969 bits per heavy atom. The average molecular weight is 435 g/mol. The molecule has 0 aromatic heterocycles. The first-order valence-electron chi connectivity index (χ1n) is 10.6. The summed E-state index contributed by atoms with van der Waals surface area (Å²) in [6.45, 7) is 4.21. The maximum absolute atomic E-state index is 12.4. The van der Waals surface area contributed by atoms with E-state index in [0.29, 0.717) is 42.5 Å². The van der Waals surface area contributed by atoms with Crippen LogP contribution in [0.3, 0.4) is 0 Å². The van der Waals surface area contributed by atoms with Gasteiger partial charge in [-0.1, -0.05) is 0 Å². The van der Waals surface area contributed by atoms with Gasteiger partial charge in [-0.3, -0.25) is 15.0 Å². The van der Waals surface area contributed by atoms with Crippen LogP contribution in [0.1, 0.15) is 12.0 Å². The number of nitrogens with one attached hydrogen (secondary N) is 2. The molecule has 166 valence electrons. The van der Waals surface area contributed by atoms with E-state index in [2.05, 4.69) is 21.6 Å². The van der Waals surface area contributed by atoms with Gasteiger partial charge < -0.3 is 19.7 Å². The first-order chi connectivity index (χ1) is 15.6. The number of fused-ring (bicyclic) bond motifs is 1. The molecule has 2 heterocycles. The summed E-state index contributed by atoms with van der Waals surface area (Å²) >= 11 is 0. The highest BCUT2D eigenvalue weighted by molar-refractivity contribution is 6.01. The largest absolute Gasteiger partial charge is 0.486 e. The second kappa shape index (κ2) is 10.0.